The van der Waals surface area contributed by atoms with Crippen molar-refractivity contribution in [3.8, 4) is 0 Å². The molecule has 1 atom stereocenters. The molecule has 17 heavy (non-hydrogen) atoms. The lowest BCUT2D eigenvalue weighted by Gasteiger charge is -2.09. The van der Waals surface area contributed by atoms with Crippen LogP contribution in [-0.4, -0.2) is 28.7 Å². The van der Waals surface area contributed by atoms with Crippen LogP contribution >= 0.6 is 23.1 Å². The average Bonchev–Trinajstić information content (AvgIpc) is 2.64. The second-order valence-corrected chi connectivity index (χ2v) is 5.83. The maximum absolute atomic E-state index is 11.6. The predicted octanol–water partition coefficient (Wildman–Crippen LogP) is 1.05. The standard InChI is InChI=1S/C9H14N4O2S2/c1-3-11-9(15)13-7(14)5(2)16-6-4-12-8(10)17-6/h4-5H,3H2,1-2H3,(H2,10,12)(H2,11,13,14,15). The van der Waals surface area contributed by atoms with E-state index in [0.29, 0.717) is 11.7 Å². The van der Waals surface area contributed by atoms with Crippen LogP contribution in [-0.2, 0) is 4.79 Å². The van der Waals surface area contributed by atoms with Crippen molar-refractivity contribution < 1.29 is 9.59 Å². The van der Waals surface area contributed by atoms with E-state index in [1.807, 2.05) is 0 Å². The number of thioether (sulfide) groups is 1. The van der Waals surface area contributed by atoms with E-state index in [0.717, 1.165) is 4.21 Å². The highest BCUT2D eigenvalue weighted by molar-refractivity contribution is 8.02. The zero-order valence-electron chi connectivity index (χ0n) is 9.52. The Bertz CT molecular complexity index is 407. The molecule has 0 aliphatic carbocycles. The van der Waals surface area contributed by atoms with Gasteiger partial charge in [0.1, 0.15) is 0 Å². The maximum Gasteiger partial charge on any atom is 0.321 e. The zero-order valence-corrected chi connectivity index (χ0v) is 11.2. The number of hydrogen-bond donors (Lipinski definition) is 3. The third kappa shape index (κ3) is 4.61. The second kappa shape index (κ2) is 6.45. The molecule has 0 saturated carbocycles. The van der Waals surface area contributed by atoms with Crippen LogP contribution in [0.1, 0.15) is 13.8 Å². The number of rotatable bonds is 4. The number of amides is 3. The van der Waals surface area contributed by atoms with Gasteiger partial charge >= 0.3 is 6.03 Å². The molecule has 3 amide bonds. The Labute approximate surface area is 107 Å². The molecular formula is C9H14N4O2S2. The highest BCUT2D eigenvalue weighted by Gasteiger charge is 2.17. The Hall–Kier alpha value is -1.28. The lowest BCUT2D eigenvalue weighted by molar-refractivity contribution is -0.119. The number of imide groups is 1. The summed E-state index contributed by atoms with van der Waals surface area (Å²) in [6.45, 7) is 3.98. The van der Waals surface area contributed by atoms with Gasteiger partial charge in [-0.05, 0) is 13.8 Å². The minimum absolute atomic E-state index is 0.340. The molecule has 6 nitrogen and oxygen atoms in total. The van der Waals surface area contributed by atoms with Gasteiger partial charge in [-0.2, -0.15) is 0 Å². The fourth-order valence-electron chi connectivity index (χ4n) is 0.973. The molecule has 1 unspecified atom stereocenters. The summed E-state index contributed by atoms with van der Waals surface area (Å²) in [5, 5.41) is 4.82. The quantitative estimate of drug-likeness (QED) is 0.713. The lowest BCUT2D eigenvalue weighted by Crippen LogP contribution is -2.42. The monoisotopic (exact) mass is 274 g/mol. The summed E-state index contributed by atoms with van der Waals surface area (Å²) < 4.78 is 0.848. The summed E-state index contributed by atoms with van der Waals surface area (Å²) >= 11 is 2.63. The first kappa shape index (κ1) is 13.8. The number of thiazole rings is 1. The Morgan fingerprint density at radius 3 is 2.88 bits per heavy atom. The zero-order chi connectivity index (χ0) is 12.8. The molecule has 0 spiro atoms. The second-order valence-electron chi connectivity index (χ2n) is 3.13. The SMILES string of the molecule is CCNC(=O)NC(=O)C(C)Sc1cnc(N)s1. The van der Waals surface area contributed by atoms with E-state index < -0.39 is 6.03 Å². The van der Waals surface area contributed by atoms with Crippen LogP contribution in [0.25, 0.3) is 0 Å². The summed E-state index contributed by atoms with van der Waals surface area (Å²) in [5.74, 6) is -0.340. The van der Waals surface area contributed by atoms with E-state index >= 15 is 0 Å². The van der Waals surface area contributed by atoms with E-state index in [1.165, 1.54) is 23.1 Å². The number of aromatic nitrogens is 1. The van der Waals surface area contributed by atoms with Gasteiger partial charge in [0.15, 0.2) is 5.13 Å². The Kier molecular flexibility index (Phi) is 5.23. The van der Waals surface area contributed by atoms with Crippen molar-refractivity contribution in [1.82, 2.24) is 15.6 Å². The van der Waals surface area contributed by atoms with Crippen molar-refractivity contribution in [3.63, 3.8) is 0 Å². The molecule has 1 heterocycles. The van der Waals surface area contributed by atoms with Gasteiger partial charge in [0, 0.05) is 6.54 Å². The third-order valence-corrected chi connectivity index (χ3v) is 3.80. The van der Waals surface area contributed by atoms with E-state index in [2.05, 4.69) is 15.6 Å². The minimum Gasteiger partial charge on any atom is -0.375 e. The molecule has 0 bridgehead atoms. The van der Waals surface area contributed by atoms with Crippen LogP contribution in [0.3, 0.4) is 0 Å². The van der Waals surface area contributed by atoms with Crippen molar-refractivity contribution in [2.45, 2.75) is 23.3 Å². The van der Waals surface area contributed by atoms with Crippen molar-refractivity contribution in [2.75, 3.05) is 12.3 Å². The molecule has 1 rings (SSSR count). The van der Waals surface area contributed by atoms with E-state index in [4.69, 9.17) is 5.73 Å². The van der Waals surface area contributed by atoms with E-state index in [-0.39, 0.29) is 11.2 Å². The maximum atomic E-state index is 11.6. The summed E-state index contributed by atoms with van der Waals surface area (Å²) in [5.41, 5.74) is 5.48. The Morgan fingerprint density at radius 2 is 2.35 bits per heavy atom. The molecule has 8 heteroatoms. The molecule has 0 aromatic carbocycles. The normalized spacial score (nSPS) is 11.9. The average molecular weight is 274 g/mol. The van der Waals surface area contributed by atoms with Gasteiger partial charge in [0.2, 0.25) is 5.91 Å². The van der Waals surface area contributed by atoms with Crippen LogP contribution in [0.4, 0.5) is 9.93 Å². The van der Waals surface area contributed by atoms with Gasteiger partial charge < -0.3 is 11.1 Å². The van der Waals surface area contributed by atoms with Crippen molar-refractivity contribution in [3.05, 3.63) is 6.20 Å². The number of carbonyl (C=O) groups excluding carboxylic acids is 2. The Balaban J connectivity index is 2.44. The summed E-state index contributed by atoms with van der Waals surface area (Å²) in [4.78, 5) is 26.6. The first-order chi connectivity index (χ1) is 8.02. The molecule has 0 fully saturated rings. The van der Waals surface area contributed by atoms with Crippen LogP contribution in [0.2, 0.25) is 0 Å². The van der Waals surface area contributed by atoms with Gasteiger partial charge in [-0.15, -0.1) is 11.8 Å². The highest BCUT2D eigenvalue weighted by atomic mass is 32.2. The van der Waals surface area contributed by atoms with Gasteiger partial charge in [-0.3, -0.25) is 10.1 Å². The van der Waals surface area contributed by atoms with Crippen LogP contribution in [0, 0.1) is 0 Å². The van der Waals surface area contributed by atoms with Crippen LogP contribution < -0.4 is 16.4 Å². The van der Waals surface area contributed by atoms with Crippen molar-refractivity contribution in [2.24, 2.45) is 0 Å². The van der Waals surface area contributed by atoms with Gasteiger partial charge in [0.25, 0.3) is 0 Å². The minimum atomic E-state index is -0.478. The van der Waals surface area contributed by atoms with Crippen molar-refractivity contribution >= 4 is 40.2 Å². The third-order valence-electron chi connectivity index (χ3n) is 1.74. The van der Waals surface area contributed by atoms with Crippen molar-refractivity contribution in [1.29, 1.82) is 0 Å². The first-order valence-corrected chi connectivity index (χ1v) is 6.69. The topological polar surface area (TPSA) is 97.1 Å². The smallest absolute Gasteiger partial charge is 0.321 e. The number of anilines is 1. The number of urea groups is 1. The lowest BCUT2D eigenvalue weighted by atomic mass is 10.4. The molecule has 0 aliphatic rings. The largest absolute Gasteiger partial charge is 0.375 e. The molecule has 1 aromatic heterocycles. The molecule has 4 N–H and O–H groups in total. The fraction of sp³-hybridized carbons (Fsp3) is 0.444. The van der Waals surface area contributed by atoms with Crippen LogP contribution in [0.15, 0.2) is 10.4 Å². The molecule has 0 radical (unpaired) electrons. The summed E-state index contributed by atoms with van der Waals surface area (Å²) in [6, 6.07) is -0.478. The molecule has 1 aromatic rings. The number of nitrogens with zero attached hydrogens (tertiary/aromatic N) is 1. The van der Waals surface area contributed by atoms with Gasteiger partial charge in [-0.25, -0.2) is 9.78 Å². The predicted molar refractivity (Wildman–Crippen MR) is 69.1 cm³/mol. The fourth-order valence-corrected chi connectivity index (χ4v) is 2.90. The Morgan fingerprint density at radius 1 is 1.65 bits per heavy atom. The van der Waals surface area contributed by atoms with Gasteiger partial charge in [0.05, 0.1) is 15.7 Å². The summed E-state index contributed by atoms with van der Waals surface area (Å²) in [7, 11) is 0. The summed E-state index contributed by atoms with van der Waals surface area (Å²) in [6.07, 6.45) is 1.61. The molecule has 0 aliphatic heterocycles. The molecule has 94 valence electrons. The van der Waals surface area contributed by atoms with Gasteiger partial charge in [-0.1, -0.05) is 11.3 Å². The molecular weight excluding hydrogens is 260 g/mol. The number of nitrogen functional groups attached to an aromatic ring is 1. The van der Waals surface area contributed by atoms with Crippen LogP contribution in [0.5, 0.6) is 0 Å². The number of carbonyl (C=O) groups is 2. The molecule has 0 saturated heterocycles. The number of nitrogens with one attached hydrogen (secondary N) is 2. The van der Waals surface area contributed by atoms with E-state index in [9.17, 15) is 9.59 Å². The number of hydrogen-bond acceptors (Lipinski definition) is 6. The first-order valence-electron chi connectivity index (χ1n) is 4.99. The van der Waals surface area contributed by atoms with E-state index in [1.54, 1.807) is 20.0 Å². The number of nitrogens with two attached hydrogens (primary N) is 1. The highest BCUT2D eigenvalue weighted by Crippen LogP contribution is 2.29.